The van der Waals surface area contributed by atoms with Crippen LogP contribution in [-0.4, -0.2) is 0 Å². The van der Waals surface area contributed by atoms with E-state index < -0.39 is 0 Å². The van der Waals surface area contributed by atoms with E-state index >= 15 is 0 Å². The highest BCUT2D eigenvalue weighted by molar-refractivity contribution is 4.78. The zero-order chi connectivity index (χ0) is 10.4. The summed E-state index contributed by atoms with van der Waals surface area (Å²) in [5, 5.41) is 0. The highest BCUT2D eigenvalue weighted by Crippen LogP contribution is 2.38. The van der Waals surface area contributed by atoms with Gasteiger partial charge < -0.3 is 0 Å². The van der Waals surface area contributed by atoms with Crippen molar-refractivity contribution in [1.29, 1.82) is 0 Å². The molecule has 0 heteroatoms. The van der Waals surface area contributed by atoms with Gasteiger partial charge in [-0.1, -0.05) is 65.7 Å². The molecule has 0 N–H and O–H groups in total. The van der Waals surface area contributed by atoms with E-state index in [1.807, 2.05) is 0 Å². The van der Waals surface area contributed by atoms with Crippen LogP contribution >= 0.6 is 0 Å². The van der Waals surface area contributed by atoms with Crippen LogP contribution < -0.4 is 0 Å². The van der Waals surface area contributed by atoms with Crippen molar-refractivity contribution in [1.82, 2.24) is 0 Å². The van der Waals surface area contributed by atoms with E-state index in [-0.39, 0.29) is 0 Å². The van der Waals surface area contributed by atoms with Crippen LogP contribution in [0.2, 0.25) is 0 Å². The van der Waals surface area contributed by atoms with Crippen LogP contribution in [0.5, 0.6) is 0 Å². The highest BCUT2D eigenvalue weighted by atomic mass is 14.3. The Labute approximate surface area is 90.5 Å². The zero-order valence-corrected chi connectivity index (χ0v) is 10.4. The van der Waals surface area contributed by atoms with Crippen LogP contribution in [0.15, 0.2) is 0 Å². The summed E-state index contributed by atoms with van der Waals surface area (Å²) in [5.41, 5.74) is 0. The standard InChI is InChI=1S/C14H28/c1-4-6-9-13-10-7-8-11-14(13)12(3)5-2/h12-14H,4-11H2,1-3H3. The molecule has 0 aromatic heterocycles. The molecule has 0 amide bonds. The normalized spacial score (nSPS) is 30.2. The molecule has 0 radical (unpaired) electrons. The van der Waals surface area contributed by atoms with Gasteiger partial charge in [0.1, 0.15) is 0 Å². The van der Waals surface area contributed by atoms with Gasteiger partial charge in [0.25, 0.3) is 0 Å². The summed E-state index contributed by atoms with van der Waals surface area (Å²) in [5.74, 6) is 3.09. The molecule has 1 saturated carbocycles. The zero-order valence-electron chi connectivity index (χ0n) is 10.4. The molecule has 1 aliphatic carbocycles. The second-order valence-electron chi connectivity index (χ2n) is 5.24. The minimum absolute atomic E-state index is 0.970. The number of rotatable bonds is 5. The molecule has 3 unspecified atom stereocenters. The predicted molar refractivity (Wildman–Crippen MR) is 64.4 cm³/mol. The van der Waals surface area contributed by atoms with Crippen LogP contribution in [-0.2, 0) is 0 Å². The van der Waals surface area contributed by atoms with E-state index in [0.29, 0.717) is 0 Å². The Balaban J connectivity index is 2.41. The summed E-state index contributed by atoms with van der Waals surface area (Å²) in [7, 11) is 0. The molecule has 14 heavy (non-hydrogen) atoms. The fourth-order valence-corrected chi connectivity index (χ4v) is 3.11. The molecule has 1 rings (SSSR count). The van der Waals surface area contributed by atoms with Gasteiger partial charge in [-0.2, -0.15) is 0 Å². The molecular weight excluding hydrogens is 168 g/mol. The first-order valence-electron chi connectivity index (χ1n) is 6.79. The number of unbranched alkanes of at least 4 members (excludes halogenated alkanes) is 1. The molecule has 0 spiro atoms. The minimum atomic E-state index is 0.970. The summed E-state index contributed by atoms with van der Waals surface area (Å²) >= 11 is 0. The smallest absolute Gasteiger partial charge is 0.0360 e. The van der Waals surface area contributed by atoms with Gasteiger partial charge in [-0.25, -0.2) is 0 Å². The SMILES string of the molecule is CCCCC1CCCCC1C(C)CC. The van der Waals surface area contributed by atoms with Gasteiger partial charge in [0.15, 0.2) is 0 Å². The summed E-state index contributed by atoms with van der Waals surface area (Å²) < 4.78 is 0. The maximum atomic E-state index is 2.47. The van der Waals surface area contributed by atoms with E-state index in [9.17, 15) is 0 Å². The van der Waals surface area contributed by atoms with Crippen molar-refractivity contribution in [2.45, 2.75) is 72.1 Å². The van der Waals surface area contributed by atoms with Crippen molar-refractivity contribution in [3.8, 4) is 0 Å². The summed E-state index contributed by atoms with van der Waals surface area (Å²) in [6.45, 7) is 7.15. The molecule has 0 saturated heterocycles. The van der Waals surface area contributed by atoms with Crippen molar-refractivity contribution in [2.24, 2.45) is 17.8 Å². The third-order valence-electron chi connectivity index (χ3n) is 4.27. The van der Waals surface area contributed by atoms with Crippen molar-refractivity contribution in [2.75, 3.05) is 0 Å². The quantitative estimate of drug-likeness (QED) is 0.578. The van der Waals surface area contributed by atoms with E-state index in [1.54, 1.807) is 0 Å². The third-order valence-corrected chi connectivity index (χ3v) is 4.27. The van der Waals surface area contributed by atoms with Crippen LogP contribution in [0.4, 0.5) is 0 Å². The average molecular weight is 196 g/mol. The maximum absolute atomic E-state index is 2.47. The van der Waals surface area contributed by atoms with Crippen LogP contribution in [0.3, 0.4) is 0 Å². The topological polar surface area (TPSA) is 0 Å². The van der Waals surface area contributed by atoms with Crippen molar-refractivity contribution >= 4 is 0 Å². The molecule has 0 aliphatic heterocycles. The maximum Gasteiger partial charge on any atom is -0.0360 e. The number of hydrogen-bond donors (Lipinski definition) is 0. The molecule has 84 valence electrons. The van der Waals surface area contributed by atoms with Gasteiger partial charge in [-0.05, 0) is 24.2 Å². The Kier molecular flexibility index (Phi) is 5.59. The lowest BCUT2D eigenvalue weighted by atomic mass is 9.70. The van der Waals surface area contributed by atoms with Gasteiger partial charge >= 0.3 is 0 Å². The fourth-order valence-electron chi connectivity index (χ4n) is 3.11. The Morgan fingerprint density at radius 1 is 1.14 bits per heavy atom. The largest absolute Gasteiger partial charge is 0.0654 e. The van der Waals surface area contributed by atoms with E-state index in [0.717, 1.165) is 17.8 Å². The van der Waals surface area contributed by atoms with Crippen molar-refractivity contribution < 1.29 is 0 Å². The molecule has 0 heterocycles. The first-order valence-corrected chi connectivity index (χ1v) is 6.79. The van der Waals surface area contributed by atoms with Gasteiger partial charge in [0.05, 0.1) is 0 Å². The van der Waals surface area contributed by atoms with Crippen LogP contribution in [0.25, 0.3) is 0 Å². The predicted octanol–water partition coefficient (Wildman–Crippen LogP) is 5.03. The number of hydrogen-bond acceptors (Lipinski definition) is 0. The molecule has 0 nitrogen and oxygen atoms in total. The Morgan fingerprint density at radius 3 is 2.50 bits per heavy atom. The summed E-state index contributed by atoms with van der Waals surface area (Å²) in [6.07, 6.45) is 11.8. The Hall–Kier alpha value is 0. The lowest BCUT2D eigenvalue weighted by Gasteiger charge is -2.35. The average Bonchev–Trinajstić information content (AvgIpc) is 2.25. The molecule has 0 aromatic rings. The molecule has 0 aromatic carbocycles. The van der Waals surface area contributed by atoms with Gasteiger partial charge in [0.2, 0.25) is 0 Å². The minimum Gasteiger partial charge on any atom is -0.0654 e. The molecule has 1 fully saturated rings. The highest BCUT2D eigenvalue weighted by Gasteiger charge is 2.27. The molecular formula is C14H28. The van der Waals surface area contributed by atoms with Crippen molar-refractivity contribution in [3.63, 3.8) is 0 Å². The first-order chi connectivity index (χ1) is 6.79. The summed E-state index contributed by atoms with van der Waals surface area (Å²) in [4.78, 5) is 0. The monoisotopic (exact) mass is 196 g/mol. The molecule has 1 aliphatic rings. The Morgan fingerprint density at radius 2 is 1.86 bits per heavy atom. The summed E-state index contributed by atoms with van der Waals surface area (Å²) in [6, 6.07) is 0. The first kappa shape index (κ1) is 12.1. The van der Waals surface area contributed by atoms with Gasteiger partial charge in [-0.15, -0.1) is 0 Å². The van der Waals surface area contributed by atoms with Crippen LogP contribution in [0, 0.1) is 17.8 Å². The van der Waals surface area contributed by atoms with Gasteiger partial charge in [0, 0.05) is 0 Å². The lowest BCUT2D eigenvalue weighted by molar-refractivity contribution is 0.155. The third kappa shape index (κ3) is 3.29. The fraction of sp³-hybridized carbons (Fsp3) is 1.00. The lowest BCUT2D eigenvalue weighted by Crippen LogP contribution is -2.25. The second-order valence-corrected chi connectivity index (χ2v) is 5.24. The van der Waals surface area contributed by atoms with Crippen LogP contribution in [0.1, 0.15) is 72.1 Å². The second kappa shape index (κ2) is 6.48. The molecule has 0 bridgehead atoms. The molecule has 3 atom stereocenters. The Bertz CT molecular complexity index is 139. The van der Waals surface area contributed by atoms with Crippen molar-refractivity contribution in [3.05, 3.63) is 0 Å². The van der Waals surface area contributed by atoms with E-state index in [2.05, 4.69) is 20.8 Å². The van der Waals surface area contributed by atoms with Gasteiger partial charge in [-0.3, -0.25) is 0 Å². The van der Waals surface area contributed by atoms with E-state index in [1.165, 1.54) is 51.4 Å². The van der Waals surface area contributed by atoms with E-state index in [4.69, 9.17) is 0 Å².